The summed E-state index contributed by atoms with van der Waals surface area (Å²) in [6, 6.07) is 5.42. The molecule has 2 aliphatic rings. The number of hydrogen-bond donors (Lipinski definition) is 2. The van der Waals surface area contributed by atoms with Gasteiger partial charge in [-0.1, -0.05) is 25.3 Å². The van der Waals surface area contributed by atoms with Gasteiger partial charge < -0.3 is 19.9 Å². The molecule has 6 nitrogen and oxygen atoms in total. The zero-order valence-corrected chi connectivity index (χ0v) is 13.4. The van der Waals surface area contributed by atoms with Gasteiger partial charge in [0.2, 0.25) is 5.91 Å². The fraction of sp³-hybridized carbons (Fsp3) is 0.444. The molecule has 1 aromatic rings. The van der Waals surface area contributed by atoms with Crippen LogP contribution >= 0.6 is 0 Å². The molecule has 0 atom stereocenters. The first-order valence-corrected chi connectivity index (χ1v) is 8.22. The van der Waals surface area contributed by atoms with Crippen LogP contribution < -0.4 is 14.8 Å². The molecule has 2 N–H and O–H groups in total. The third-order valence-corrected chi connectivity index (χ3v) is 4.47. The molecule has 0 aromatic heterocycles. The Morgan fingerprint density at radius 2 is 1.79 bits per heavy atom. The van der Waals surface area contributed by atoms with E-state index in [-0.39, 0.29) is 0 Å². The Hall–Kier alpha value is -2.50. The van der Waals surface area contributed by atoms with Crippen molar-refractivity contribution in [3.05, 3.63) is 29.8 Å². The lowest BCUT2D eigenvalue weighted by molar-refractivity contribution is -0.148. The summed E-state index contributed by atoms with van der Waals surface area (Å²) in [5.74, 6) is -0.00884. The molecule has 1 heterocycles. The van der Waals surface area contributed by atoms with Crippen LogP contribution in [0.3, 0.4) is 0 Å². The zero-order valence-electron chi connectivity index (χ0n) is 13.4. The van der Waals surface area contributed by atoms with Gasteiger partial charge in [0.15, 0.2) is 11.5 Å². The number of carbonyl (C=O) groups is 2. The molecule has 0 bridgehead atoms. The molecular formula is C18H21NO5. The van der Waals surface area contributed by atoms with Crippen molar-refractivity contribution in [1.82, 2.24) is 5.32 Å². The number of rotatable bonds is 4. The van der Waals surface area contributed by atoms with Crippen LogP contribution in [0, 0.1) is 0 Å². The summed E-state index contributed by atoms with van der Waals surface area (Å²) < 4.78 is 11.0. The van der Waals surface area contributed by atoms with Gasteiger partial charge in [0.1, 0.15) is 18.8 Å². The van der Waals surface area contributed by atoms with Crippen LogP contribution in [0.15, 0.2) is 24.3 Å². The Kier molecular flexibility index (Phi) is 4.74. The molecule has 24 heavy (non-hydrogen) atoms. The molecule has 6 heteroatoms. The number of carboxylic acid groups (broad SMARTS) is 1. The summed E-state index contributed by atoms with van der Waals surface area (Å²) in [5.41, 5.74) is -0.339. The summed E-state index contributed by atoms with van der Waals surface area (Å²) >= 11 is 0. The molecular weight excluding hydrogens is 310 g/mol. The van der Waals surface area contributed by atoms with Gasteiger partial charge >= 0.3 is 5.97 Å². The molecule has 128 valence electrons. The summed E-state index contributed by atoms with van der Waals surface area (Å²) in [6.07, 6.45) is 6.61. The van der Waals surface area contributed by atoms with E-state index in [4.69, 9.17) is 9.47 Å². The lowest BCUT2D eigenvalue weighted by atomic mass is 9.81. The predicted octanol–water partition coefficient (Wildman–Crippen LogP) is 2.37. The van der Waals surface area contributed by atoms with Gasteiger partial charge in [0.25, 0.3) is 0 Å². The number of nitrogens with one attached hydrogen (secondary N) is 1. The normalized spacial score (nSPS) is 19.0. The maximum absolute atomic E-state index is 12.2. The highest BCUT2D eigenvalue weighted by atomic mass is 16.6. The molecule has 3 rings (SSSR count). The third-order valence-electron chi connectivity index (χ3n) is 4.47. The van der Waals surface area contributed by atoms with Crippen LogP contribution in [0.2, 0.25) is 0 Å². The molecule has 0 radical (unpaired) electrons. The van der Waals surface area contributed by atoms with E-state index in [1.165, 1.54) is 6.08 Å². The second-order valence-corrected chi connectivity index (χ2v) is 6.17. The van der Waals surface area contributed by atoms with E-state index in [0.717, 1.165) is 24.8 Å². The minimum Gasteiger partial charge on any atom is -0.486 e. The van der Waals surface area contributed by atoms with Crippen molar-refractivity contribution in [2.45, 2.75) is 37.6 Å². The van der Waals surface area contributed by atoms with Crippen LogP contribution in [-0.2, 0) is 9.59 Å². The summed E-state index contributed by atoms with van der Waals surface area (Å²) in [6.45, 7) is 1.03. The van der Waals surface area contributed by atoms with Gasteiger partial charge in [-0.05, 0) is 36.6 Å². The molecule has 1 aromatic carbocycles. The number of hydrogen-bond acceptors (Lipinski definition) is 4. The quantitative estimate of drug-likeness (QED) is 0.828. The van der Waals surface area contributed by atoms with Gasteiger partial charge in [-0.2, -0.15) is 0 Å². The first kappa shape index (κ1) is 16.4. The molecule has 1 fully saturated rings. The second-order valence-electron chi connectivity index (χ2n) is 6.17. The monoisotopic (exact) mass is 331 g/mol. The van der Waals surface area contributed by atoms with Crippen molar-refractivity contribution < 1.29 is 24.2 Å². The topological polar surface area (TPSA) is 84.9 Å². The molecule has 1 saturated carbocycles. The van der Waals surface area contributed by atoms with Crippen LogP contribution in [0.4, 0.5) is 0 Å². The number of carboxylic acids is 1. The lowest BCUT2D eigenvalue weighted by Crippen LogP contribution is -2.55. The van der Waals surface area contributed by atoms with Gasteiger partial charge in [0, 0.05) is 6.08 Å². The minimum absolute atomic E-state index is 0.394. The molecule has 1 aliphatic heterocycles. The Morgan fingerprint density at radius 1 is 1.08 bits per heavy atom. The van der Waals surface area contributed by atoms with E-state index in [0.29, 0.717) is 37.6 Å². The average Bonchev–Trinajstić information content (AvgIpc) is 2.60. The van der Waals surface area contributed by atoms with E-state index in [1.54, 1.807) is 18.2 Å². The molecule has 1 aliphatic carbocycles. The van der Waals surface area contributed by atoms with E-state index in [9.17, 15) is 14.7 Å². The zero-order chi connectivity index (χ0) is 17.0. The minimum atomic E-state index is -1.13. The van der Waals surface area contributed by atoms with Gasteiger partial charge in [-0.15, -0.1) is 0 Å². The van der Waals surface area contributed by atoms with Crippen molar-refractivity contribution in [1.29, 1.82) is 0 Å². The van der Waals surface area contributed by atoms with Crippen LogP contribution in [0.25, 0.3) is 6.08 Å². The third kappa shape index (κ3) is 3.53. The Bertz CT molecular complexity index is 661. The van der Waals surface area contributed by atoms with Crippen molar-refractivity contribution in [2.24, 2.45) is 0 Å². The molecule has 0 unspecified atom stereocenters. The van der Waals surface area contributed by atoms with Crippen molar-refractivity contribution in [3.8, 4) is 11.5 Å². The SMILES string of the molecule is O=C(C=Cc1ccc2c(c1)OCCO2)NC1(C(=O)O)CCCCC1. The first-order valence-electron chi connectivity index (χ1n) is 8.22. The van der Waals surface area contributed by atoms with Crippen molar-refractivity contribution >= 4 is 18.0 Å². The number of ether oxygens (including phenoxy) is 2. The Balaban J connectivity index is 1.67. The first-order chi connectivity index (χ1) is 11.6. The largest absolute Gasteiger partial charge is 0.486 e. The predicted molar refractivity (Wildman–Crippen MR) is 88.1 cm³/mol. The number of benzene rings is 1. The highest BCUT2D eigenvalue weighted by molar-refractivity contribution is 5.95. The Labute approximate surface area is 140 Å². The van der Waals surface area contributed by atoms with Gasteiger partial charge in [0.05, 0.1) is 0 Å². The fourth-order valence-corrected chi connectivity index (χ4v) is 3.16. The van der Waals surface area contributed by atoms with Crippen LogP contribution in [0.1, 0.15) is 37.7 Å². The number of carbonyl (C=O) groups excluding carboxylic acids is 1. The molecule has 0 saturated heterocycles. The van der Waals surface area contributed by atoms with Gasteiger partial charge in [-0.3, -0.25) is 4.79 Å². The summed E-state index contributed by atoms with van der Waals surface area (Å²) in [5, 5.41) is 12.2. The highest BCUT2D eigenvalue weighted by Crippen LogP contribution is 2.31. The second kappa shape index (κ2) is 6.95. The maximum Gasteiger partial charge on any atom is 0.329 e. The lowest BCUT2D eigenvalue weighted by Gasteiger charge is -2.33. The number of amides is 1. The number of aliphatic carboxylic acids is 1. The average molecular weight is 331 g/mol. The Morgan fingerprint density at radius 3 is 2.50 bits per heavy atom. The summed E-state index contributed by atoms with van der Waals surface area (Å²) in [4.78, 5) is 23.7. The van der Waals surface area contributed by atoms with Crippen LogP contribution in [-0.4, -0.2) is 35.7 Å². The fourth-order valence-electron chi connectivity index (χ4n) is 3.16. The molecule has 1 amide bonds. The van der Waals surface area contributed by atoms with Crippen molar-refractivity contribution in [3.63, 3.8) is 0 Å². The van der Waals surface area contributed by atoms with E-state index >= 15 is 0 Å². The maximum atomic E-state index is 12.2. The highest BCUT2D eigenvalue weighted by Gasteiger charge is 2.40. The molecule has 0 spiro atoms. The van der Waals surface area contributed by atoms with E-state index in [1.807, 2.05) is 6.07 Å². The van der Waals surface area contributed by atoms with E-state index in [2.05, 4.69) is 5.32 Å². The van der Waals surface area contributed by atoms with Gasteiger partial charge in [-0.25, -0.2) is 4.79 Å². The van der Waals surface area contributed by atoms with E-state index < -0.39 is 17.4 Å². The standard InChI is InChI=1S/C18H21NO5/c20-16(19-18(17(21)22)8-2-1-3-9-18)7-5-13-4-6-14-15(12-13)24-11-10-23-14/h4-7,12H,1-3,8-11H2,(H,19,20)(H,21,22). The van der Waals surface area contributed by atoms with Crippen molar-refractivity contribution in [2.75, 3.05) is 13.2 Å². The smallest absolute Gasteiger partial charge is 0.329 e. The van der Waals surface area contributed by atoms with Crippen LogP contribution in [0.5, 0.6) is 11.5 Å². The summed E-state index contributed by atoms with van der Waals surface area (Å²) in [7, 11) is 0. The number of fused-ring (bicyclic) bond motifs is 1.